The van der Waals surface area contributed by atoms with E-state index in [2.05, 4.69) is 10.2 Å². The number of nitrogens with zero attached hydrogens (tertiary/aromatic N) is 2. The Balaban J connectivity index is 1.86. The van der Waals surface area contributed by atoms with Crippen LogP contribution in [0, 0.1) is 18.6 Å². The summed E-state index contributed by atoms with van der Waals surface area (Å²) in [5, 5.41) is 6.59. The van der Waals surface area contributed by atoms with Crippen molar-refractivity contribution in [1.82, 2.24) is 15.1 Å². The van der Waals surface area contributed by atoms with E-state index in [-0.39, 0.29) is 19.0 Å². The van der Waals surface area contributed by atoms with Crippen LogP contribution < -0.4 is 0 Å². The van der Waals surface area contributed by atoms with Gasteiger partial charge < -0.3 is 4.90 Å². The van der Waals surface area contributed by atoms with Crippen LogP contribution in [-0.2, 0) is 13.1 Å². The number of rotatable bonds is 1. The second kappa shape index (κ2) is 4.15. The summed E-state index contributed by atoms with van der Waals surface area (Å²) >= 11 is 0. The molecule has 2 aromatic rings. The normalized spacial score (nSPS) is 13.7. The van der Waals surface area contributed by atoms with E-state index in [0.717, 1.165) is 17.8 Å². The zero-order valence-electron chi connectivity index (χ0n) is 10.2. The number of aromatic amines is 1. The molecule has 1 aromatic carbocycles. The third kappa shape index (κ3) is 1.99. The predicted octanol–water partition coefficient (Wildman–Crippen LogP) is 2.15. The van der Waals surface area contributed by atoms with Gasteiger partial charge in [-0.1, -0.05) is 0 Å². The number of H-pyrrole nitrogens is 1. The zero-order chi connectivity index (χ0) is 13.6. The van der Waals surface area contributed by atoms with Crippen molar-refractivity contribution in [3.05, 3.63) is 52.3 Å². The summed E-state index contributed by atoms with van der Waals surface area (Å²) in [7, 11) is 0. The Morgan fingerprint density at radius 2 is 1.79 bits per heavy atom. The quantitative estimate of drug-likeness (QED) is 0.857. The molecular weight excluding hydrogens is 252 g/mol. The number of aryl methyl sites for hydroxylation is 1. The highest BCUT2D eigenvalue weighted by Crippen LogP contribution is 2.26. The molecule has 0 unspecified atom stereocenters. The number of hydrogen-bond acceptors (Lipinski definition) is 2. The topological polar surface area (TPSA) is 49.0 Å². The van der Waals surface area contributed by atoms with Gasteiger partial charge in [0.2, 0.25) is 0 Å². The monoisotopic (exact) mass is 263 g/mol. The Morgan fingerprint density at radius 3 is 2.26 bits per heavy atom. The van der Waals surface area contributed by atoms with Crippen molar-refractivity contribution in [3.63, 3.8) is 0 Å². The van der Waals surface area contributed by atoms with Crippen LogP contribution in [0.2, 0.25) is 0 Å². The number of fused-ring (bicyclic) bond motifs is 1. The molecule has 0 aliphatic carbocycles. The summed E-state index contributed by atoms with van der Waals surface area (Å²) in [4.78, 5) is 13.7. The Kier molecular flexibility index (Phi) is 2.58. The van der Waals surface area contributed by atoms with Gasteiger partial charge in [-0.15, -0.1) is 0 Å². The second-order valence-corrected chi connectivity index (χ2v) is 4.63. The second-order valence-electron chi connectivity index (χ2n) is 4.63. The minimum Gasteiger partial charge on any atom is -0.329 e. The van der Waals surface area contributed by atoms with Gasteiger partial charge in [0.05, 0.1) is 0 Å². The van der Waals surface area contributed by atoms with Crippen LogP contribution in [0.1, 0.15) is 27.3 Å². The molecule has 0 radical (unpaired) electrons. The van der Waals surface area contributed by atoms with E-state index < -0.39 is 11.6 Å². The molecule has 1 amide bonds. The lowest BCUT2D eigenvalue weighted by Gasteiger charge is -2.13. The molecular formula is C13H11F2N3O. The van der Waals surface area contributed by atoms with Gasteiger partial charge in [-0.05, 0) is 36.2 Å². The molecule has 98 valence electrons. The highest BCUT2D eigenvalue weighted by atomic mass is 19.2. The molecule has 1 aliphatic rings. The smallest absolute Gasteiger partial charge is 0.274 e. The highest BCUT2D eigenvalue weighted by molar-refractivity contribution is 5.92. The van der Waals surface area contributed by atoms with Crippen LogP contribution in [0.25, 0.3) is 0 Å². The van der Waals surface area contributed by atoms with E-state index >= 15 is 0 Å². The number of hydrogen-bond donors (Lipinski definition) is 1. The first-order valence-electron chi connectivity index (χ1n) is 5.82. The third-order valence-corrected chi connectivity index (χ3v) is 3.18. The first-order chi connectivity index (χ1) is 9.04. The standard InChI is InChI=1S/C13H11F2N3O/c1-7-2-12(17-16-7)13(19)18-5-8-3-10(14)11(15)4-9(8)6-18/h2-4H,5-6H2,1H3,(H,16,17). The minimum absolute atomic E-state index is 0.249. The molecule has 0 atom stereocenters. The zero-order valence-corrected chi connectivity index (χ0v) is 10.2. The molecule has 0 bridgehead atoms. The van der Waals surface area contributed by atoms with E-state index in [4.69, 9.17) is 0 Å². The number of benzene rings is 1. The number of carbonyl (C=O) groups excluding carboxylic acids is 1. The number of halogens is 2. The van der Waals surface area contributed by atoms with Crippen LogP contribution in [-0.4, -0.2) is 21.0 Å². The van der Waals surface area contributed by atoms with Gasteiger partial charge in [0.1, 0.15) is 5.69 Å². The van der Waals surface area contributed by atoms with Crippen molar-refractivity contribution in [1.29, 1.82) is 0 Å². The van der Waals surface area contributed by atoms with E-state index in [1.54, 1.807) is 13.0 Å². The van der Waals surface area contributed by atoms with E-state index in [1.807, 2.05) is 0 Å². The lowest BCUT2D eigenvalue weighted by atomic mass is 10.1. The van der Waals surface area contributed by atoms with Crippen molar-refractivity contribution in [2.75, 3.05) is 0 Å². The van der Waals surface area contributed by atoms with Crippen LogP contribution in [0.15, 0.2) is 18.2 Å². The van der Waals surface area contributed by atoms with Crippen molar-refractivity contribution in [2.24, 2.45) is 0 Å². The molecule has 3 rings (SSSR count). The Morgan fingerprint density at radius 1 is 1.21 bits per heavy atom. The fourth-order valence-electron chi connectivity index (χ4n) is 2.22. The van der Waals surface area contributed by atoms with E-state index in [9.17, 15) is 13.6 Å². The summed E-state index contributed by atoms with van der Waals surface area (Å²) in [6.07, 6.45) is 0. The average Bonchev–Trinajstić information content (AvgIpc) is 2.95. The maximum Gasteiger partial charge on any atom is 0.274 e. The molecule has 6 heteroatoms. The Labute approximate surface area is 108 Å². The molecule has 1 N–H and O–H groups in total. The van der Waals surface area contributed by atoms with Crippen LogP contribution in [0.5, 0.6) is 0 Å². The number of carbonyl (C=O) groups is 1. The molecule has 4 nitrogen and oxygen atoms in total. The summed E-state index contributed by atoms with van der Waals surface area (Å²) in [5.41, 5.74) is 2.38. The van der Waals surface area contributed by atoms with Gasteiger partial charge in [0.25, 0.3) is 5.91 Å². The summed E-state index contributed by atoms with van der Waals surface area (Å²) in [5.74, 6) is -2.02. The lowest BCUT2D eigenvalue weighted by Crippen LogP contribution is -2.25. The summed E-state index contributed by atoms with van der Waals surface area (Å²) < 4.78 is 26.3. The molecule has 0 fully saturated rings. The molecule has 0 spiro atoms. The fraction of sp³-hybridized carbons (Fsp3) is 0.231. The lowest BCUT2D eigenvalue weighted by molar-refractivity contribution is 0.0745. The minimum atomic E-state index is -0.885. The van der Waals surface area contributed by atoms with Gasteiger partial charge in [0, 0.05) is 18.8 Å². The molecule has 1 aromatic heterocycles. The molecule has 0 saturated carbocycles. The molecule has 1 aliphatic heterocycles. The molecule has 2 heterocycles. The molecule has 0 saturated heterocycles. The van der Waals surface area contributed by atoms with Gasteiger partial charge in [-0.3, -0.25) is 9.89 Å². The van der Waals surface area contributed by atoms with E-state index in [1.165, 1.54) is 4.90 Å². The van der Waals surface area contributed by atoms with Crippen molar-refractivity contribution >= 4 is 5.91 Å². The summed E-state index contributed by atoms with van der Waals surface area (Å²) in [6.45, 7) is 2.35. The van der Waals surface area contributed by atoms with Gasteiger partial charge in [-0.25, -0.2) is 8.78 Å². The van der Waals surface area contributed by atoms with Crippen LogP contribution in [0.3, 0.4) is 0 Å². The predicted molar refractivity (Wildman–Crippen MR) is 63.3 cm³/mol. The average molecular weight is 263 g/mol. The first kappa shape index (κ1) is 11.8. The van der Waals surface area contributed by atoms with Crippen LogP contribution in [0.4, 0.5) is 8.78 Å². The Bertz CT molecular complexity index is 635. The number of nitrogens with one attached hydrogen (secondary N) is 1. The highest BCUT2D eigenvalue weighted by Gasteiger charge is 2.27. The molecule has 19 heavy (non-hydrogen) atoms. The van der Waals surface area contributed by atoms with Gasteiger partial charge >= 0.3 is 0 Å². The van der Waals surface area contributed by atoms with E-state index in [0.29, 0.717) is 16.8 Å². The SMILES string of the molecule is Cc1cc(C(=O)N2Cc3cc(F)c(F)cc3C2)n[nH]1. The maximum absolute atomic E-state index is 13.1. The fourth-order valence-corrected chi connectivity index (χ4v) is 2.22. The maximum atomic E-state index is 13.1. The number of amides is 1. The number of aromatic nitrogens is 2. The Hall–Kier alpha value is -2.24. The van der Waals surface area contributed by atoms with Crippen molar-refractivity contribution in [2.45, 2.75) is 20.0 Å². The van der Waals surface area contributed by atoms with Gasteiger partial charge in [-0.2, -0.15) is 5.10 Å². The van der Waals surface area contributed by atoms with Gasteiger partial charge in [0.15, 0.2) is 11.6 Å². The largest absolute Gasteiger partial charge is 0.329 e. The van der Waals surface area contributed by atoms with Crippen LogP contribution >= 0.6 is 0 Å². The summed E-state index contributed by atoms with van der Waals surface area (Å²) in [6, 6.07) is 3.94. The third-order valence-electron chi connectivity index (χ3n) is 3.18. The van der Waals surface area contributed by atoms with Crippen molar-refractivity contribution in [3.8, 4) is 0 Å². The van der Waals surface area contributed by atoms with Crippen molar-refractivity contribution < 1.29 is 13.6 Å². The first-order valence-corrected chi connectivity index (χ1v) is 5.82.